The van der Waals surface area contributed by atoms with Crippen LogP contribution in [-0.2, 0) is 0 Å². The SMILES string of the molecule is C=C(C)/C=c1\c(=C/N)nnn1C(C)C. The molecular formula is C10H16N4. The summed E-state index contributed by atoms with van der Waals surface area (Å²) in [6.07, 6.45) is 3.39. The molecule has 14 heavy (non-hydrogen) atoms. The molecule has 0 spiro atoms. The Morgan fingerprint density at radius 3 is 2.64 bits per heavy atom. The fourth-order valence-electron chi connectivity index (χ4n) is 1.19. The van der Waals surface area contributed by atoms with Gasteiger partial charge in [-0.1, -0.05) is 17.4 Å². The highest BCUT2D eigenvalue weighted by Gasteiger charge is 2.02. The lowest BCUT2D eigenvalue weighted by Crippen LogP contribution is -2.32. The predicted molar refractivity (Wildman–Crippen MR) is 57.6 cm³/mol. The molecule has 4 nitrogen and oxygen atoms in total. The third kappa shape index (κ3) is 2.02. The molecule has 76 valence electrons. The first-order valence-electron chi connectivity index (χ1n) is 4.56. The summed E-state index contributed by atoms with van der Waals surface area (Å²) in [5.41, 5.74) is 6.41. The van der Waals surface area contributed by atoms with Crippen molar-refractivity contribution in [2.45, 2.75) is 26.8 Å². The van der Waals surface area contributed by atoms with Gasteiger partial charge in [0, 0.05) is 12.2 Å². The third-order valence-corrected chi connectivity index (χ3v) is 1.79. The maximum Gasteiger partial charge on any atom is 0.128 e. The summed E-state index contributed by atoms with van der Waals surface area (Å²) in [6, 6.07) is 0.266. The molecule has 1 aromatic heterocycles. The van der Waals surface area contributed by atoms with Gasteiger partial charge >= 0.3 is 0 Å². The number of hydrogen-bond acceptors (Lipinski definition) is 3. The first-order chi connectivity index (χ1) is 6.56. The van der Waals surface area contributed by atoms with Crippen molar-refractivity contribution in [1.82, 2.24) is 15.0 Å². The van der Waals surface area contributed by atoms with Crippen LogP contribution in [0.4, 0.5) is 0 Å². The lowest BCUT2D eigenvalue weighted by atomic mass is 10.3. The van der Waals surface area contributed by atoms with Crippen LogP contribution in [0.15, 0.2) is 12.2 Å². The van der Waals surface area contributed by atoms with E-state index in [0.29, 0.717) is 5.35 Å². The molecule has 0 unspecified atom stereocenters. The lowest BCUT2D eigenvalue weighted by Gasteiger charge is -2.03. The molecule has 1 heterocycles. The summed E-state index contributed by atoms with van der Waals surface area (Å²) in [4.78, 5) is 0. The molecule has 0 radical (unpaired) electrons. The Bertz CT molecular complexity index is 439. The van der Waals surface area contributed by atoms with Gasteiger partial charge in [0.1, 0.15) is 5.35 Å². The van der Waals surface area contributed by atoms with Gasteiger partial charge in [-0.05, 0) is 26.8 Å². The molecule has 0 amide bonds. The van der Waals surface area contributed by atoms with Crippen molar-refractivity contribution in [2.24, 2.45) is 5.73 Å². The maximum atomic E-state index is 5.45. The normalized spacial score (nSPS) is 14.0. The maximum absolute atomic E-state index is 5.45. The molecule has 0 saturated heterocycles. The fraction of sp³-hybridized carbons (Fsp3) is 0.400. The lowest BCUT2D eigenvalue weighted by molar-refractivity contribution is 0.502. The van der Waals surface area contributed by atoms with Gasteiger partial charge in [0.2, 0.25) is 0 Å². The molecule has 0 saturated carbocycles. The Balaban J connectivity index is 3.50. The zero-order chi connectivity index (χ0) is 10.7. The van der Waals surface area contributed by atoms with Crippen molar-refractivity contribution in [3.63, 3.8) is 0 Å². The van der Waals surface area contributed by atoms with Crippen molar-refractivity contribution in [3.8, 4) is 0 Å². The number of rotatable bonds is 2. The Hall–Kier alpha value is -1.58. The zero-order valence-electron chi connectivity index (χ0n) is 8.86. The van der Waals surface area contributed by atoms with Crippen LogP contribution >= 0.6 is 0 Å². The van der Waals surface area contributed by atoms with E-state index in [0.717, 1.165) is 10.9 Å². The van der Waals surface area contributed by atoms with Crippen molar-refractivity contribution in [3.05, 3.63) is 22.9 Å². The molecular weight excluding hydrogens is 176 g/mol. The summed E-state index contributed by atoms with van der Waals surface area (Å²) in [7, 11) is 0. The average Bonchev–Trinajstić information content (AvgIpc) is 2.46. The van der Waals surface area contributed by atoms with Gasteiger partial charge in [0.05, 0.1) is 5.35 Å². The van der Waals surface area contributed by atoms with Crippen molar-refractivity contribution in [1.29, 1.82) is 0 Å². The molecule has 0 atom stereocenters. The molecule has 0 fully saturated rings. The largest absolute Gasteiger partial charge is 0.403 e. The summed E-state index contributed by atoms with van der Waals surface area (Å²) >= 11 is 0. The van der Waals surface area contributed by atoms with Gasteiger partial charge in [0.25, 0.3) is 0 Å². The molecule has 0 aliphatic heterocycles. The third-order valence-electron chi connectivity index (χ3n) is 1.79. The summed E-state index contributed by atoms with van der Waals surface area (Å²) in [5.74, 6) is 0. The average molecular weight is 192 g/mol. The monoisotopic (exact) mass is 192 g/mol. The molecule has 2 N–H and O–H groups in total. The van der Waals surface area contributed by atoms with Crippen LogP contribution in [0.2, 0.25) is 0 Å². The molecule has 0 bridgehead atoms. The second-order valence-corrected chi connectivity index (χ2v) is 3.56. The number of allylic oxidation sites excluding steroid dienone is 1. The van der Waals surface area contributed by atoms with Gasteiger partial charge in [0.15, 0.2) is 0 Å². The Kier molecular flexibility index (Phi) is 3.06. The fourth-order valence-corrected chi connectivity index (χ4v) is 1.19. The van der Waals surface area contributed by atoms with E-state index in [-0.39, 0.29) is 6.04 Å². The molecule has 0 aromatic carbocycles. The van der Waals surface area contributed by atoms with E-state index in [1.165, 1.54) is 6.20 Å². The minimum atomic E-state index is 0.266. The van der Waals surface area contributed by atoms with Crippen molar-refractivity contribution in [2.75, 3.05) is 0 Å². The van der Waals surface area contributed by atoms with Gasteiger partial charge in [-0.2, -0.15) is 0 Å². The Labute approximate surface area is 83.4 Å². The first kappa shape index (κ1) is 10.5. The van der Waals surface area contributed by atoms with Crippen LogP contribution in [-0.4, -0.2) is 15.0 Å². The zero-order valence-corrected chi connectivity index (χ0v) is 8.86. The van der Waals surface area contributed by atoms with E-state index in [1.807, 2.05) is 31.5 Å². The quantitative estimate of drug-likeness (QED) is 0.712. The van der Waals surface area contributed by atoms with Crippen LogP contribution in [0.5, 0.6) is 0 Å². The number of aromatic nitrogens is 3. The summed E-state index contributed by atoms with van der Waals surface area (Å²) in [5, 5.41) is 9.60. The molecule has 1 aromatic rings. The van der Waals surface area contributed by atoms with Gasteiger partial charge in [-0.3, -0.25) is 0 Å². The van der Waals surface area contributed by atoms with Crippen LogP contribution in [0.1, 0.15) is 26.8 Å². The van der Waals surface area contributed by atoms with Gasteiger partial charge in [-0.15, -0.1) is 5.10 Å². The molecule has 4 heteroatoms. The van der Waals surface area contributed by atoms with Crippen molar-refractivity contribution >= 4 is 12.3 Å². The first-order valence-corrected chi connectivity index (χ1v) is 4.56. The van der Waals surface area contributed by atoms with Crippen molar-refractivity contribution < 1.29 is 0 Å². The standard InChI is InChI=1S/C10H16N4/c1-7(2)5-10-9(6-11)12-13-14(10)8(3)4/h5-6,8H,1,11H2,2-4H3/b9-6+,10-5+. The molecule has 0 aliphatic rings. The van der Waals surface area contributed by atoms with Gasteiger partial charge < -0.3 is 5.73 Å². The number of nitrogens with two attached hydrogens (primary N) is 1. The van der Waals surface area contributed by atoms with E-state index >= 15 is 0 Å². The predicted octanol–water partition coefficient (Wildman–Crippen LogP) is -0.0877. The van der Waals surface area contributed by atoms with E-state index in [4.69, 9.17) is 5.73 Å². The minimum absolute atomic E-state index is 0.266. The van der Waals surface area contributed by atoms with E-state index in [2.05, 4.69) is 16.9 Å². The smallest absolute Gasteiger partial charge is 0.128 e. The number of nitrogens with zero attached hydrogens (tertiary/aromatic N) is 3. The van der Waals surface area contributed by atoms with E-state index < -0.39 is 0 Å². The topological polar surface area (TPSA) is 56.7 Å². The van der Waals surface area contributed by atoms with Crippen LogP contribution in [0.25, 0.3) is 12.3 Å². The molecule has 0 aliphatic carbocycles. The van der Waals surface area contributed by atoms with E-state index in [1.54, 1.807) is 0 Å². The Morgan fingerprint density at radius 1 is 1.57 bits per heavy atom. The highest BCUT2D eigenvalue weighted by Crippen LogP contribution is 1.94. The van der Waals surface area contributed by atoms with Crippen LogP contribution in [0, 0.1) is 0 Å². The number of hydrogen-bond donors (Lipinski definition) is 1. The minimum Gasteiger partial charge on any atom is -0.403 e. The highest BCUT2D eigenvalue weighted by molar-refractivity contribution is 5.41. The van der Waals surface area contributed by atoms with Gasteiger partial charge in [-0.25, -0.2) is 4.68 Å². The second kappa shape index (κ2) is 4.09. The molecule has 1 rings (SSSR count). The second-order valence-electron chi connectivity index (χ2n) is 3.56. The summed E-state index contributed by atoms with van der Waals surface area (Å²) in [6.45, 7) is 9.85. The highest BCUT2D eigenvalue weighted by atomic mass is 15.4. The van der Waals surface area contributed by atoms with Crippen LogP contribution < -0.4 is 16.4 Å². The Morgan fingerprint density at radius 2 is 2.21 bits per heavy atom. The van der Waals surface area contributed by atoms with Crippen LogP contribution in [0.3, 0.4) is 0 Å². The van der Waals surface area contributed by atoms with E-state index in [9.17, 15) is 0 Å². The summed E-state index contributed by atoms with van der Waals surface area (Å²) < 4.78 is 1.83.